The molecule has 34 heavy (non-hydrogen) atoms. The molecule has 1 aromatic heterocycles. The van der Waals surface area contributed by atoms with Gasteiger partial charge in [0.25, 0.3) is 11.8 Å². The van der Waals surface area contributed by atoms with E-state index < -0.39 is 35.1 Å². The second-order valence-electron chi connectivity index (χ2n) is 8.32. The van der Waals surface area contributed by atoms with Gasteiger partial charge in [-0.05, 0) is 63.6 Å². The van der Waals surface area contributed by atoms with Gasteiger partial charge in [0.05, 0.1) is 11.6 Å². The smallest absolute Gasteiger partial charge is 0.407 e. The van der Waals surface area contributed by atoms with Gasteiger partial charge < -0.3 is 19.5 Å². The Kier molecular flexibility index (Phi) is 7.31. The molecule has 2 aromatic carbocycles. The summed E-state index contributed by atoms with van der Waals surface area (Å²) in [6, 6.07) is 14.5. The molecule has 3 aromatic rings. The van der Waals surface area contributed by atoms with Crippen molar-refractivity contribution in [3.05, 3.63) is 76.9 Å². The van der Waals surface area contributed by atoms with Crippen molar-refractivity contribution >= 4 is 6.09 Å². The summed E-state index contributed by atoms with van der Waals surface area (Å²) in [6.45, 7) is 6.65. The number of aromatic nitrogens is 1. The zero-order chi connectivity index (χ0) is 24.9. The van der Waals surface area contributed by atoms with Crippen LogP contribution >= 0.6 is 0 Å². The first-order valence-corrected chi connectivity index (χ1v) is 10.3. The number of rotatable bonds is 6. The zero-order valence-corrected chi connectivity index (χ0v) is 19.1. The van der Waals surface area contributed by atoms with Crippen molar-refractivity contribution < 1.29 is 27.8 Å². The van der Waals surface area contributed by atoms with Crippen molar-refractivity contribution in [2.75, 3.05) is 0 Å². The number of pyridine rings is 1. The van der Waals surface area contributed by atoms with Gasteiger partial charge in [-0.2, -0.15) is 10.2 Å². The third kappa shape index (κ3) is 6.42. The molecule has 1 heterocycles. The summed E-state index contributed by atoms with van der Waals surface area (Å²) in [7, 11) is 0. The molecule has 0 aliphatic carbocycles. The minimum Gasteiger partial charge on any atom is -0.444 e. The van der Waals surface area contributed by atoms with Crippen molar-refractivity contribution in [2.24, 2.45) is 0 Å². The fourth-order valence-electron chi connectivity index (χ4n) is 2.80. The lowest BCUT2D eigenvalue weighted by molar-refractivity contribution is 0.0523. The molecule has 0 unspecified atom stereocenters. The van der Waals surface area contributed by atoms with E-state index in [1.54, 1.807) is 57.2 Å². The third-order valence-electron chi connectivity index (χ3n) is 4.36. The minimum atomic E-state index is -0.984. The fourth-order valence-corrected chi connectivity index (χ4v) is 2.80. The highest BCUT2D eigenvalue weighted by atomic mass is 19.1. The first-order valence-electron chi connectivity index (χ1n) is 10.3. The van der Waals surface area contributed by atoms with Crippen LogP contribution in [-0.4, -0.2) is 16.7 Å². The van der Waals surface area contributed by atoms with E-state index in [9.17, 15) is 13.6 Å². The largest absolute Gasteiger partial charge is 0.444 e. The molecule has 7 nitrogen and oxygen atoms in total. The summed E-state index contributed by atoms with van der Waals surface area (Å²) in [4.78, 5) is 15.7. The molecule has 9 heteroatoms. The standard InChI is InChI=1S/C25H23F2N3O4/c1-15-20(26)22(32-18-9-5-7-16(11-18)13-28)30-23(21(15)27)33-19-10-6-8-17(12-19)14-29-24(31)34-25(2,3)4/h5-12H,14H2,1-4H3,(H,29,31)/i13+1,14+1,28+1,29+1. The number of benzene rings is 2. The molecule has 176 valence electrons. The molecule has 0 saturated carbocycles. The number of hydrogen-bond donors (Lipinski definition) is 1. The number of amides is 1. The van der Waals surface area contributed by atoms with Crippen LogP contribution in [0, 0.1) is 29.9 Å². The molecule has 0 radical (unpaired) electrons. The molecular formula is C25H23F2N3O4. The van der Waals surface area contributed by atoms with Gasteiger partial charge in [-0.25, -0.2) is 13.6 Å². The van der Waals surface area contributed by atoms with E-state index in [2.05, 4.69) is 10.3 Å². The summed E-state index contributed by atoms with van der Waals surface area (Å²) in [5, 5.41) is 11.6. The molecule has 1 amide bonds. The van der Waals surface area contributed by atoms with E-state index in [-0.39, 0.29) is 23.6 Å². The molecule has 0 fully saturated rings. The lowest BCUT2D eigenvalue weighted by Crippen LogP contribution is -2.32. The predicted octanol–water partition coefficient (Wildman–Crippen LogP) is 6.15. The first kappa shape index (κ1) is 24.5. The second-order valence-corrected chi connectivity index (χ2v) is 8.32. The molecule has 0 aliphatic rings. The Labute approximate surface area is 195 Å². The summed E-state index contributed by atoms with van der Waals surface area (Å²) in [5.41, 5.74) is 0.00517. The second kappa shape index (κ2) is 10.2. The van der Waals surface area contributed by atoms with Gasteiger partial charge in [0.15, 0.2) is 11.6 Å². The summed E-state index contributed by atoms with van der Waals surface area (Å²) < 4.78 is 45.5. The normalized spacial score (nSPS) is 10.9. The Hall–Kier alpha value is -4.19. The molecular weight excluding hydrogens is 448 g/mol. The van der Waals surface area contributed by atoms with E-state index >= 15 is 0 Å². The van der Waals surface area contributed by atoms with E-state index in [1.165, 1.54) is 19.1 Å². The number of alkyl carbamates (subject to hydrolysis) is 1. The SMILES string of the molecule is Cc1c(F)c(Oc2cccc([13C]#[15N])c2)nc(Oc2cccc([13CH2][15NH]C(=O)OC(C)(C)C)c2)c1F. The molecule has 0 spiro atoms. The van der Waals surface area contributed by atoms with Crippen LogP contribution in [0.5, 0.6) is 23.3 Å². The molecule has 0 atom stereocenters. The van der Waals surface area contributed by atoms with Crippen LogP contribution in [0.3, 0.4) is 0 Å². The van der Waals surface area contributed by atoms with Gasteiger partial charge in [0.2, 0.25) is 0 Å². The highest BCUT2D eigenvalue weighted by molar-refractivity contribution is 5.67. The Balaban J connectivity index is 1.79. The zero-order valence-electron chi connectivity index (χ0n) is 19.1. The summed E-state index contributed by atoms with van der Waals surface area (Å²) in [6.07, 6.45) is -0.581. The number of carbonyl (C=O) groups is 1. The van der Waals surface area contributed by atoms with Crippen LogP contribution in [0.1, 0.15) is 37.5 Å². The number of halogens is 2. The van der Waals surface area contributed by atoms with Crippen molar-refractivity contribution in [2.45, 2.75) is 39.8 Å². The van der Waals surface area contributed by atoms with Gasteiger partial charge in [-0.1, -0.05) is 18.2 Å². The lowest BCUT2D eigenvalue weighted by atomic mass is 10.2. The number of carbonyl (C=O) groups excluding carboxylic acids is 1. The fraction of sp³-hybridized carbons (Fsp3) is 0.240. The highest BCUT2D eigenvalue weighted by Gasteiger charge is 2.21. The molecule has 1 N–H and O–H groups in total. The Morgan fingerprint density at radius 3 is 2.21 bits per heavy atom. The molecule has 3 rings (SSSR count). The number of nitriles is 1. The third-order valence-corrected chi connectivity index (χ3v) is 4.36. The number of nitrogens with zero attached hydrogens (tertiary/aromatic N) is 2. The van der Waals surface area contributed by atoms with Crippen LogP contribution in [-0.2, 0) is 11.3 Å². The van der Waals surface area contributed by atoms with Crippen molar-refractivity contribution in [3.8, 4) is 29.3 Å². The van der Waals surface area contributed by atoms with Crippen molar-refractivity contribution in [3.63, 3.8) is 0 Å². The molecule has 0 saturated heterocycles. The summed E-state index contributed by atoms with van der Waals surface area (Å²) >= 11 is 0. The highest BCUT2D eigenvalue weighted by Crippen LogP contribution is 2.33. The van der Waals surface area contributed by atoms with Gasteiger partial charge in [0.1, 0.15) is 17.1 Å². The molecule has 0 aliphatic heterocycles. The Bertz CT molecular complexity index is 1250. The predicted molar refractivity (Wildman–Crippen MR) is 120 cm³/mol. The maximum absolute atomic E-state index is 14.7. The Morgan fingerprint density at radius 2 is 1.62 bits per heavy atom. The van der Waals surface area contributed by atoms with E-state index in [0.29, 0.717) is 11.1 Å². The monoisotopic (exact) mass is 471 g/mol. The number of nitrogens with one attached hydrogen (secondary N) is 1. The van der Waals surface area contributed by atoms with Crippen LogP contribution < -0.4 is 14.8 Å². The van der Waals surface area contributed by atoms with E-state index in [1.807, 2.05) is 6.07 Å². The van der Waals surface area contributed by atoms with Gasteiger partial charge in [-0.15, -0.1) is 0 Å². The summed E-state index contributed by atoms with van der Waals surface area (Å²) in [5.74, 6) is -2.55. The first-order chi connectivity index (χ1) is 16.1. The van der Waals surface area contributed by atoms with Crippen LogP contribution in [0.25, 0.3) is 0 Å². The number of ether oxygens (including phenoxy) is 3. The van der Waals surface area contributed by atoms with Gasteiger partial charge >= 0.3 is 6.09 Å². The van der Waals surface area contributed by atoms with Gasteiger partial charge in [-0.3, -0.25) is 0 Å². The maximum atomic E-state index is 14.7. The topological polar surface area (TPSA) is 93.5 Å². The minimum absolute atomic E-state index is 0.147. The lowest BCUT2D eigenvalue weighted by Gasteiger charge is -2.19. The van der Waals surface area contributed by atoms with Crippen LogP contribution in [0.4, 0.5) is 13.6 Å². The average Bonchev–Trinajstić information content (AvgIpc) is 2.79. The van der Waals surface area contributed by atoms with E-state index in [4.69, 9.17) is 19.5 Å². The average molecular weight is 471 g/mol. The van der Waals surface area contributed by atoms with Crippen LogP contribution in [0.2, 0.25) is 0 Å². The van der Waals surface area contributed by atoms with Crippen molar-refractivity contribution in [1.82, 2.24) is 10.3 Å². The van der Waals surface area contributed by atoms with Crippen LogP contribution in [0.15, 0.2) is 48.5 Å². The number of hydrogen-bond acceptors (Lipinski definition) is 6. The maximum Gasteiger partial charge on any atom is 0.407 e. The Morgan fingerprint density at radius 1 is 1.03 bits per heavy atom. The van der Waals surface area contributed by atoms with Gasteiger partial charge in [0, 0.05) is 12.1 Å². The van der Waals surface area contributed by atoms with Crippen molar-refractivity contribution in [1.29, 1.82) is 5.26 Å². The quantitative estimate of drug-likeness (QED) is 0.342. The van der Waals surface area contributed by atoms with E-state index in [0.717, 1.165) is 0 Å². The molecule has 0 bridgehead atoms.